The minimum Gasteiger partial charge on any atom is -0.320 e. The predicted molar refractivity (Wildman–Crippen MR) is 80.7 cm³/mol. The molecule has 110 valence electrons. The Morgan fingerprint density at radius 3 is 2.63 bits per heavy atom. The molecule has 0 aliphatic heterocycles. The highest BCUT2D eigenvalue weighted by atomic mass is 32.2. The Balaban J connectivity index is 2.58. The maximum Gasteiger partial charge on any atom is 0.279 e. The van der Waals surface area contributed by atoms with E-state index in [0.29, 0.717) is 6.54 Å². The molecule has 1 aromatic rings. The van der Waals surface area contributed by atoms with Crippen LogP contribution in [0.5, 0.6) is 0 Å². The van der Waals surface area contributed by atoms with Gasteiger partial charge in [0.1, 0.15) is 0 Å². The molecule has 1 rings (SSSR count). The highest BCUT2D eigenvalue weighted by Gasteiger charge is 2.21. The van der Waals surface area contributed by atoms with E-state index >= 15 is 0 Å². The highest BCUT2D eigenvalue weighted by Crippen LogP contribution is 2.23. The standard InChI is InChI=1S/C12H23N3O2S2/c1-10-6-7-12(18-10)11(2)14-19(16,17)15(4)9-5-8-13-3/h6-7,11,13-14H,5,8-9H2,1-4H3. The molecule has 1 atom stereocenters. The second-order valence-electron chi connectivity index (χ2n) is 4.57. The average molecular weight is 305 g/mol. The Hall–Kier alpha value is -0.470. The summed E-state index contributed by atoms with van der Waals surface area (Å²) in [5.74, 6) is 0. The molecule has 1 heterocycles. The lowest BCUT2D eigenvalue weighted by atomic mass is 10.3. The summed E-state index contributed by atoms with van der Waals surface area (Å²) in [6, 6.07) is 3.77. The fraction of sp³-hybridized carbons (Fsp3) is 0.667. The number of nitrogens with zero attached hydrogens (tertiary/aromatic N) is 1. The lowest BCUT2D eigenvalue weighted by Crippen LogP contribution is -2.40. The molecule has 0 aliphatic rings. The Bertz CT molecular complexity index is 485. The third-order valence-electron chi connectivity index (χ3n) is 2.82. The molecule has 0 amide bonds. The molecule has 0 saturated carbocycles. The van der Waals surface area contributed by atoms with Crippen molar-refractivity contribution < 1.29 is 8.42 Å². The van der Waals surface area contributed by atoms with Crippen molar-refractivity contribution in [1.29, 1.82) is 0 Å². The quantitative estimate of drug-likeness (QED) is 0.715. The van der Waals surface area contributed by atoms with Gasteiger partial charge in [-0.3, -0.25) is 0 Å². The smallest absolute Gasteiger partial charge is 0.279 e. The van der Waals surface area contributed by atoms with Gasteiger partial charge in [0, 0.05) is 23.3 Å². The van der Waals surface area contributed by atoms with Gasteiger partial charge in [0.2, 0.25) is 0 Å². The second kappa shape index (κ2) is 7.35. The first-order chi connectivity index (χ1) is 8.86. The van der Waals surface area contributed by atoms with Crippen molar-refractivity contribution in [2.75, 3.05) is 27.2 Å². The number of nitrogens with one attached hydrogen (secondary N) is 2. The molecule has 1 unspecified atom stereocenters. The molecular formula is C12H23N3O2S2. The van der Waals surface area contributed by atoms with Crippen molar-refractivity contribution in [3.05, 3.63) is 21.9 Å². The lowest BCUT2D eigenvalue weighted by Gasteiger charge is -2.20. The van der Waals surface area contributed by atoms with Crippen molar-refractivity contribution in [2.45, 2.75) is 26.3 Å². The van der Waals surface area contributed by atoms with Crippen molar-refractivity contribution in [1.82, 2.24) is 14.3 Å². The first-order valence-corrected chi connectivity index (χ1v) is 8.57. The van der Waals surface area contributed by atoms with Crippen molar-refractivity contribution >= 4 is 21.5 Å². The molecule has 0 aliphatic carbocycles. The van der Waals surface area contributed by atoms with Crippen LogP contribution in [-0.4, -0.2) is 39.9 Å². The van der Waals surface area contributed by atoms with Crippen LogP contribution in [0.4, 0.5) is 0 Å². The minimum atomic E-state index is -3.42. The molecule has 5 nitrogen and oxygen atoms in total. The summed E-state index contributed by atoms with van der Waals surface area (Å²) in [6.45, 7) is 5.19. The molecule has 2 N–H and O–H groups in total. The molecule has 0 fully saturated rings. The lowest BCUT2D eigenvalue weighted by molar-refractivity contribution is 0.442. The molecule has 0 radical (unpaired) electrons. The zero-order valence-corrected chi connectivity index (χ0v) is 13.6. The van der Waals surface area contributed by atoms with Gasteiger partial charge in [-0.15, -0.1) is 11.3 Å². The fourth-order valence-corrected chi connectivity index (χ4v) is 3.73. The van der Waals surface area contributed by atoms with E-state index in [4.69, 9.17) is 0 Å². The third-order valence-corrected chi connectivity index (χ3v) is 5.66. The monoisotopic (exact) mass is 305 g/mol. The Labute approximate surface area is 120 Å². The van der Waals surface area contributed by atoms with Crippen LogP contribution in [0.25, 0.3) is 0 Å². The van der Waals surface area contributed by atoms with Gasteiger partial charge in [-0.2, -0.15) is 17.4 Å². The maximum absolute atomic E-state index is 12.1. The van der Waals surface area contributed by atoms with Crippen LogP contribution in [0.1, 0.15) is 29.1 Å². The van der Waals surface area contributed by atoms with E-state index in [2.05, 4.69) is 10.0 Å². The Kier molecular flexibility index (Phi) is 6.41. The van der Waals surface area contributed by atoms with Crippen LogP contribution in [-0.2, 0) is 10.2 Å². The van der Waals surface area contributed by atoms with E-state index in [1.165, 1.54) is 9.18 Å². The summed E-state index contributed by atoms with van der Waals surface area (Å²) in [6.07, 6.45) is 0.792. The van der Waals surface area contributed by atoms with Crippen LogP contribution >= 0.6 is 11.3 Å². The SMILES string of the molecule is CNCCCN(C)S(=O)(=O)NC(C)c1ccc(C)s1. The Morgan fingerprint density at radius 1 is 1.42 bits per heavy atom. The zero-order valence-electron chi connectivity index (χ0n) is 11.9. The zero-order chi connectivity index (χ0) is 14.5. The molecule has 0 aromatic carbocycles. The number of hydrogen-bond donors (Lipinski definition) is 2. The first-order valence-electron chi connectivity index (χ1n) is 6.31. The average Bonchev–Trinajstić information content (AvgIpc) is 2.75. The van der Waals surface area contributed by atoms with Gasteiger partial charge in [-0.1, -0.05) is 0 Å². The summed E-state index contributed by atoms with van der Waals surface area (Å²) in [7, 11) is 0.0400. The van der Waals surface area contributed by atoms with Crippen molar-refractivity contribution in [2.24, 2.45) is 0 Å². The maximum atomic E-state index is 12.1. The van der Waals surface area contributed by atoms with E-state index in [1.807, 2.05) is 33.0 Å². The topological polar surface area (TPSA) is 61.4 Å². The van der Waals surface area contributed by atoms with Gasteiger partial charge in [0.15, 0.2) is 0 Å². The van der Waals surface area contributed by atoms with Crippen molar-refractivity contribution in [3.8, 4) is 0 Å². The van der Waals surface area contributed by atoms with E-state index in [0.717, 1.165) is 17.8 Å². The number of rotatable bonds is 8. The van der Waals surface area contributed by atoms with Gasteiger partial charge >= 0.3 is 0 Å². The van der Waals surface area contributed by atoms with Gasteiger partial charge in [0.05, 0.1) is 6.04 Å². The highest BCUT2D eigenvalue weighted by molar-refractivity contribution is 7.87. The van der Waals surface area contributed by atoms with Crippen molar-refractivity contribution in [3.63, 3.8) is 0 Å². The number of thiophene rings is 1. The van der Waals surface area contributed by atoms with Gasteiger partial charge in [-0.25, -0.2) is 0 Å². The van der Waals surface area contributed by atoms with Crippen LogP contribution in [0.3, 0.4) is 0 Å². The van der Waals surface area contributed by atoms with E-state index in [1.54, 1.807) is 18.4 Å². The van der Waals surface area contributed by atoms with Crippen LogP contribution in [0, 0.1) is 6.92 Å². The molecule has 1 aromatic heterocycles. The van der Waals surface area contributed by atoms with Gasteiger partial charge in [0.25, 0.3) is 10.2 Å². The predicted octanol–water partition coefficient (Wildman–Crippen LogP) is 1.49. The van der Waals surface area contributed by atoms with Crippen LogP contribution in [0.15, 0.2) is 12.1 Å². The number of aryl methyl sites for hydroxylation is 1. The third kappa shape index (κ3) is 5.19. The molecule has 0 bridgehead atoms. The molecule has 0 spiro atoms. The van der Waals surface area contributed by atoms with E-state index in [9.17, 15) is 8.42 Å². The van der Waals surface area contributed by atoms with E-state index in [-0.39, 0.29) is 6.04 Å². The summed E-state index contributed by atoms with van der Waals surface area (Å²) in [5, 5.41) is 3.00. The largest absolute Gasteiger partial charge is 0.320 e. The van der Waals surface area contributed by atoms with Crippen LogP contribution in [0.2, 0.25) is 0 Å². The molecule has 19 heavy (non-hydrogen) atoms. The van der Waals surface area contributed by atoms with Gasteiger partial charge in [-0.05, 0) is 46.0 Å². The van der Waals surface area contributed by atoms with E-state index < -0.39 is 10.2 Å². The number of hydrogen-bond acceptors (Lipinski definition) is 4. The summed E-state index contributed by atoms with van der Waals surface area (Å²) >= 11 is 1.61. The van der Waals surface area contributed by atoms with Gasteiger partial charge < -0.3 is 5.32 Å². The molecule has 0 saturated heterocycles. The minimum absolute atomic E-state index is 0.199. The molecular weight excluding hydrogens is 282 g/mol. The normalized spacial score (nSPS) is 13.9. The fourth-order valence-electron chi connectivity index (χ4n) is 1.66. The second-order valence-corrected chi connectivity index (χ2v) is 7.70. The summed E-state index contributed by atoms with van der Waals surface area (Å²) < 4.78 is 28.3. The summed E-state index contributed by atoms with van der Waals surface area (Å²) in [4.78, 5) is 2.22. The first kappa shape index (κ1) is 16.6. The molecule has 7 heteroatoms. The summed E-state index contributed by atoms with van der Waals surface area (Å²) in [5.41, 5.74) is 0. The van der Waals surface area contributed by atoms with Crippen LogP contribution < -0.4 is 10.0 Å². The Morgan fingerprint density at radius 2 is 2.11 bits per heavy atom.